The van der Waals surface area contributed by atoms with Crippen LogP contribution in [0.5, 0.6) is 5.75 Å². The number of aromatic nitrogens is 3. The largest absolute Gasteiger partial charge is 0.868 e. The van der Waals surface area contributed by atoms with E-state index in [4.69, 9.17) is 0 Å². The normalized spacial score (nSPS) is 11.3. The molecule has 2 aromatic heterocycles. The number of nitrogens with zero attached hydrogens (tertiary/aromatic N) is 3. The second kappa shape index (κ2) is 5.47. The first kappa shape index (κ1) is 15.5. The highest BCUT2D eigenvalue weighted by Crippen LogP contribution is 2.32. The molecule has 0 atom stereocenters. The van der Waals surface area contributed by atoms with Gasteiger partial charge in [-0.25, -0.2) is 9.78 Å². The van der Waals surface area contributed by atoms with Crippen molar-refractivity contribution in [3.63, 3.8) is 0 Å². The third-order valence-electron chi connectivity index (χ3n) is 2.57. The summed E-state index contributed by atoms with van der Waals surface area (Å²) < 4.78 is 43.3. The molecule has 0 amide bonds. The standard InChI is InChI=1S/C12H8F3N3O4/c1-22-11(21)7-8(19)10(20)18(6-4-2-3-5-16-6)17-9(7)12(13,14)15/h2-5,19H,1H3/p-1. The van der Waals surface area contributed by atoms with Gasteiger partial charge in [0.15, 0.2) is 11.5 Å². The predicted octanol–water partition coefficient (Wildman–Crippen LogP) is 0.506. The lowest BCUT2D eigenvalue weighted by Gasteiger charge is -2.18. The molecule has 0 saturated carbocycles. The predicted molar refractivity (Wildman–Crippen MR) is 63.4 cm³/mol. The summed E-state index contributed by atoms with van der Waals surface area (Å²) in [6.07, 6.45) is -3.93. The van der Waals surface area contributed by atoms with E-state index in [0.29, 0.717) is 0 Å². The number of halogens is 3. The van der Waals surface area contributed by atoms with Gasteiger partial charge < -0.3 is 9.84 Å². The highest BCUT2D eigenvalue weighted by molar-refractivity contribution is 5.93. The minimum atomic E-state index is -5.13. The number of pyridine rings is 1. The summed E-state index contributed by atoms with van der Waals surface area (Å²) >= 11 is 0. The Morgan fingerprint density at radius 2 is 2.05 bits per heavy atom. The highest BCUT2D eigenvalue weighted by atomic mass is 19.4. The van der Waals surface area contributed by atoms with Crippen molar-refractivity contribution in [3.05, 3.63) is 46.0 Å². The molecular formula is C12H7F3N3O4-. The van der Waals surface area contributed by atoms with Crippen LogP contribution in [0, 0.1) is 0 Å². The fourth-order valence-electron chi connectivity index (χ4n) is 1.63. The summed E-state index contributed by atoms with van der Waals surface area (Å²) in [4.78, 5) is 26.9. The molecule has 0 aliphatic rings. The third kappa shape index (κ3) is 2.62. The minimum absolute atomic E-state index is 0.192. The fraction of sp³-hybridized carbons (Fsp3) is 0.167. The Morgan fingerprint density at radius 1 is 1.36 bits per heavy atom. The molecule has 0 aromatic carbocycles. The number of rotatable bonds is 2. The highest BCUT2D eigenvalue weighted by Gasteiger charge is 2.39. The molecule has 2 heterocycles. The number of alkyl halides is 3. The summed E-state index contributed by atoms with van der Waals surface area (Å²) in [5.74, 6) is -3.54. The molecule has 0 spiro atoms. The summed E-state index contributed by atoms with van der Waals surface area (Å²) in [6, 6.07) is 4.04. The molecule has 0 bridgehead atoms. The number of ether oxygens (including phenoxy) is 1. The van der Waals surface area contributed by atoms with Gasteiger partial charge in [-0.3, -0.25) is 4.79 Å². The van der Waals surface area contributed by atoms with Crippen LogP contribution in [0.2, 0.25) is 0 Å². The van der Waals surface area contributed by atoms with Gasteiger partial charge in [0.1, 0.15) is 0 Å². The number of esters is 1. The quantitative estimate of drug-likeness (QED) is 0.749. The van der Waals surface area contributed by atoms with Crippen LogP contribution < -0.4 is 10.7 Å². The van der Waals surface area contributed by atoms with E-state index >= 15 is 0 Å². The summed E-state index contributed by atoms with van der Waals surface area (Å²) in [6.45, 7) is 0. The molecule has 0 unspecified atom stereocenters. The van der Waals surface area contributed by atoms with Gasteiger partial charge in [0.2, 0.25) is 0 Å². The average Bonchev–Trinajstić information content (AvgIpc) is 2.48. The Hall–Kier alpha value is -2.91. The van der Waals surface area contributed by atoms with Crippen molar-refractivity contribution in [1.29, 1.82) is 0 Å². The molecule has 22 heavy (non-hydrogen) atoms. The number of hydrogen-bond donors (Lipinski definition) is 0. The van der Waals surface area contributed by atoms with Crippen LogP contribution in [0.1, 0.15) is 16.1 Å². The second-order valence-corrected chi connectivity index (χ2v) is 3.95. The summed E-state index contributed by atoms with van der Waals surface area (Å²) in [7, 11) is 0.784. The van der Waals surface area contributed by atoms with Crippen LogP contribution in [0.3, 0.4) is 0 Å². The van der Waals surface area contributed by atoms with Crippen molar-refractivity contribution >= 4 is 5.97 Å². The molecule has 0 aliphatic carbocycles. The maximum absolute atomic E-state index is 13.0. The van der Waals surface area contributed by atoms with Gasteiger partial charge in [0.05, 0.1) is 12.7 Å². The average molecular weight is 314 g/mol. The molecule has 7 nitrogen and oxygen atoms in total. The molecule has 116 valence electrons. The lowest BCUT2D eigenvalue weighted by atomic mass is 10.2. The number of hydrogen-bond acceptors (Lipinski definition) is 6. The maximum Gasteiger partial charge on any atom is 0.435 e. The molecule has 10 heteroatoms. The van der Waals surface area contributed by atoms with Crippen LogP contribution in [0.25, 0.3) is 5.82 Å². The monoisotopic (exact) mass is 314 g/mol. The topological polar surface area (TPSA) is 97.1 Å². The lowest BCUT2D eigenvalue weighted by molar-refractivity contribution is -0.272. The van der Waals surface area contributed by atoms with Crippen molar-refractivity contribution < 1.29 is 27.8 Å². The Labute approximate surface area is 120 Å². The van der Waals surface area contributed by atoms with Gasteiger partial charge in [-0.05, 0) is 17.9 Å². The molecule has 0 N–H and O–H groups in total. The number of carbonyl (C=O) groups excluding carboxylic acids is 1. The number of methoxy groups -OCH3 is 1. The lowest BCUT2D eigenvalue weighted by Crippen LogP contribution is -2.32. The molecule has 0 aliphatic heterocycles. The molecule has 2 aromatic rings. The maximum atomic E-state index is 13.0. The van der Waals surface area contributed by atoms with E-state index in [1.165, 1.54) is 24.4 Å². The third-order valence-corrected chi connectivity index (χ3v) is 2.57. The van der Waals surface area contributed by atoms with E-state index in [-0.39, 0.29) is 10.5 Å². The Bertz CT molecular complexity index is 772. The van der Waals surface area contributed by atoms with Gasteiger partial charge in [-0.1, -0.05) is 6.07 Å². The van der Waals surface area contributed by atoms with Crippen LogP contribution in [0.4, 0.5) is 13.2 Å². The van der Waals surface area contributed by atoms with E-state index < -0.39 is 34.7 Å². The summed E-state index contributed by atoms with van der Waals surface area (Å²) in [5.41, 5.74) is -4.70. The first-order valence-corrected chi connectivity index (χ1v) is 5.68. The van der Waals surface area contributed by atoms with Gasteiger partial charge >= 0.3 is 12.1 Å². The zero-order valence-corrected chi connectivity index (χ0v) is 10.9. The SMILES string of the molecule is COC(=O)c1c(C(F)(F)F)nn(-c2ccccn2)c(=O)c1[O-]. The van der Waals surface area contributed by atoms with Crippen molar-refractivity contribution in [3.8, 4) is 11.6 Å². The minimum Gasteiger partial charge on any atom is -0.868 e. The van der Waals surface area contributed by atoms with Crippen molar-refractivity contribution in [1.82, 2.24) is 14.8 Å². The summed E-state index contributed by atoms with van der Waals surface area (Å²) in [5, 5.41) is 14.9. The van der Waals surface area contributed by atoms with Gasteiger partial charge in [-0.2, -0.15) is 23.0 Å². The second-order valence-electron chi connectivity index (χ2n) is 3.95. The van der Waals surface area contributed by atoms with E-state index in [0.717, 1.165) is 7.11 Å². The van der Waals surface area contributed by atoms with Crippen LogP contribution in [0.15, 0.2) is 29.2 Å². The van der Waals surface area contributed by atoms with Gasteiger partial charge in [0, 0.05) is 6.20 Å². The molecule has 2 rings (SSSR count). The van der Waals surface area contributed by atoms with Crippen LogP contribution in [-0.2, 0) is 10.9 Å². The van der Waals surface area contributed by atoms with Crippen molar-refractivity contribution in [2.45, 2.75) is 6.18 Å². The van der Waals surface area contributed by atoms with Crippen LogP contribution >= 0.6 is 0 Å². The van der Waals surface area contributed by atoms with Crippen molar-refractivity contribution in [2.75, 3.05) is 7.11 Å². The van der Waals surface area contributed by atoms with Gasteiger partial charge in [0.25, 0.3) is 5.56 Å². The van der Waals surface area contributed by atoms with E-state index in [1.54, 1.807) is 0 Å². The first-order valence-electron chi connectivity index (χ1n) is 5.68. The molecule has 0 radical (unpaired) electrons. The molecular weight excluding hydrogens is 307 g/mol. The van der Waals surface area contributed by atoms with Crippen molar-refractivity contribution in [2.24, 2.45) is 0 Å². The van der Waals surface area contributed by atoms with E-state index in [2.05, 4.69) is 14.8 Å². The zero-order valence-electron chi connectivity index (χ0n) is 10.9. The Kier molecular flexibility index (Phi) is 3.85. The Morgan fingerprint density at radius 3 is 2.55 bits per heavy atom. The number of carbonyl (C=O) groups is 1. The van der Waals surface area contributed by atoms with E-state index in [1.807, 2.05) is 0 Å². The molecule has 0 fully saturated rings. The van der Waals surface area contributed by atoms with E-state index in [9.17, 15) is 27.9 Å². The van der Waals surface area contributed by atoms with Crippen LogP contribution in [-0.4, -0.2) is 27.8 Å². The zero-order chi connectivity index (χ0) is 16.5. The van der Waals surface area contributed by atoms with Gasteiger partial charge in [-0.15, -0.1) is 0 Å². The molecule has 0 saturated heterocycles. The smallest absolute Gasteiger partial charge is 0.435 e. The fourth-order valence-corrected chi connectivity index (χ4v) is 1.63. The Balaban J connectivity index is 2.84. The first-order chi connectivity index (χ1) is 10.3.